The number of rotatable bonds is 10. The van der Waals surface area contributed by atoms with Gasteiger partial charge in [0.15, 0.2) is 6.10 Å². The summed E-state index contributed by atoms with van der Waals surface area (Å²) in [7, 11) is -2.30. The third-order valence-corrected chi connectivity index (χ3v) is 6.68. The van der Waals surface area contributed by atoms with E-state index in [0.29, 0.717) is 30.2 Å². The number of hydrogen-bond donors (Lipinski definition) is 3. The second-order valence-electron chi connectivity index (χ2n) is 8.26. The van der Waals surface area contributed by atoms with Gasteiger partial charge in [0.1, 0.15) is 11.5 Å². The van der Waals surface area contributed by atoms with Crippen molar-refractivity contribution in [1.29, 1.82) is 0 Å². The summed E-state index contributed by atoms with van der Waals surface area (Å²) in [5.74, 6) is 1.30. The van der Waals surface area contributed by atoms with E-state index in [0.717, 1.165) is 22.4 Å². The van der Waals surface area contributed by atoms with Crippen molar-refractivity contribution < 1.29 is 17.9 Å². The molecule has 8 heteroatoms. The standard InChI is InChI=1S/C28H29N3O4S/c1-34-23-11-13-24(14-12-23)35-28(22-8-5-9-25(17-22)36(30,32)33)26-15-10-21(18-29)16-27(26)31-19-20-6-3-2-4-7-20/h2-17,28,31H,18-19,29H2,1H3,(H2,30,32,33). The predicted molar refractivity (Wildman–Crippen MR) is 141 cm³/mol. The molecule has 7 nitrogen and oxygen atoms in total. The van der Waals surface area contributed by atoms with Crippen LogP contribution in [-0.4, -0.2) is 15.5 Å². The number of methoxy groups -OCH3 is 1. The molecule has 0 spiro atoms. The normalized spacial score (nSPS) is 12.1. The van der Waals surface area contributed by atoms with Gasteiger partial charge in [0.05, 0.1) is 12.0 Å². The van der Waals surface area contributed by atoms with Gasteiger partial charge < -0.3 is 20.5 Å². The summed E-state index contributed by atoms with van der Waals surface area (Å²) < 4.78 is 35.9. The van der Waals surface area contributed by atoms with Gasteiger partial charge in [-0.05, 0) is 59.2 Å². The average molecular weight is 504 g/mol. The van der Waals surface area contributed by atoms with Crippen molar-refractivity contribution in [2.45, 2.75) is 24.1 Å². The van der Waals surface area contributed by atoms with Crippen LogP contribution in [0.4, 0.5) is 5.69 Å². The molecule has 0 aliphatic rings. The molecule has 186 valence electrons. The second kappa shape index (κ2) is 11.3. The quantitative estimate of drug-likeness (QED) is 0.292. The maximum atomic E-state index is 12.1. The molecule has 36 heavy (non-hydrogen) atoms. The van der Waals surface area contributed by atoms with Crippen molar-refractivity contribution in [1.82, 2.24) is 0 Å². The summed E-state index contributed by atoms with van der Waals surface area (Å²) in [6.07, 6.45) is -0.634. The molecule has 0 bridgehead atoms. The molecule has 0 heterocycles. The first kappa shape index (κ1) is 25.2. The van der Waals surface area contributed by atoms with Gasteiger partial charge in [0.25, 0.3) is 0 Å². The van der Waals surface area contributed by atoms with Gasteiger partial charge in [-0.2, -0.15) is 0 Å². The fraction of sp³-hybridized carbons (Fsp3) is 0.143. The Bertz CT molecular complexity index is 1410. The lowest BCUT2D eigenvalue weighted by molar-refractivity contribution is 0.247. The Morgan fingerprint density at radius 2 is 1.56 bits per heavy atom. The molecule has 0 amide bonds. The van der Waals surface area contributed by atoms with Crippen LogP contribution in [0.3, 0.4) is 0 Å². The molecule has 1 atom stereocenters. The molecule has 0 aromatic heterocycles. The minimum atomic E-state index is -3.89. The van der Waals surface area contributed by atoms with Gasteiger partial charge in [-0.1, -0.05) is 54.6 Å². The van der Waals surface area contributed by atoms with Crippen LogP contribution in [0.15, 0.2) is 102 Å². The van der Waals surface area contributed by atoms with Crippen LogP contribution in [0.5, 0.6) is 11.5 Å². The van der Waals surface area contributed by atoms with E-state index in [1.165, 1.54) is 6.07 Å². The van der Waals surface area contributed by atoms with Gasteiger partial charge in [-0.3, -0.25) is 0 Å². The number of primary sulfonamides is 1. The first-order valence-corrected chi connectivity index (χ1v) is 13.0. The number of benzene rings is 4. The highest BCUT2D eigenvalue weighted by atomic mass is 32.2. The number of hydrogen-bond acceptors (Lipinski definition) is 6. The zero-order valence-electron chi connectivity index (χ0n) is 19.9. The van der Waals surface area contributed by atoms with Gasteiger partial charge in [0.2, 0.25) is 10.0 Å². The van der Waals surface area contributed by atoms with Crippen molar-refractivity contribution in [2.75, 3.05) is 12.4 Å². The van der Waals surface area contributed by atoms with Crippen molar-refractivity contribution in [3.8, 4) is 11.5 Å². The lowest BCUT2D eigenvalue weighted by Gasteiger charge is -2.24. The van der Waals surface area contributed by atoms with Crippen LogP contribution >= 0.6 is 0 Å². The van der Waals surface area contributed by atoms with Crippen LogP contribution in [0, 0.1) is 0 Å². The first-order chi connectivity index (χ1) is 17.4. The van der Waals surface area contributed by atoms with Crippen LogP contribution < -0.4 is 25.7 Å². The minimum absolute atomic E-state index is 0.0145. The molecular formula is C28H29N3O4S. The minimum Gasteiger partial charge on any atom is -0.497 e. The zero-order valence-corrected chi connectivity index (χ0v) is 20.7. The summed E-state index contributed by atoms with van der Waals surface area (Å²) in [6, 6.07) is 29.6. The maximum absolute atomic E-state index is 12.1. The summed E-state index contributed by atoms with van der Waals surface area (Å²) in [4.78, 5) is 0.0145. The summed E-state index contributed by atoms with van der Waals surface area (Å²) in [5.41, 5.74) is 10.3. The molecular weight excluding hydrogens is 474 g/mol. The molecule has 5 N–H and O–H groups in total. The van der Waals surface area contributed by atoms with Crippen molar-refractivity contribution in [3.63, 3.8) is 0 Å². The van der Waals surface area contributed by atoms with E-state index in [4.69, 9.17) is 20.3 Å². The third-order valence-electron chi connectivity index (χ3n) is 5.76. The topological polar surface area (TPSA) is 117 Å². The SMILES string of the molecule is COc1ccc(OC(c2cccc(S(N)(=O)=O)c2)c2ccc(CN)cc2NCc2ccccc2)cc1. The molecule has 4 aromatic carbocycles. The van der Waals surface area contributed by atoms with Gasteiger partial charge in [0, 0.05) is 24.3 Å². The van der Waals surface area contributed by atoms with Gasteiger partial charge in [-0.15, -0.1) is 0 Å². The van der Waals surface area contributed by atoms with Crippen molar-refractivity contribution in [3.05, 3.63) is 119 Å². The Hall–Kier alpha value is -3.85. The lowest BCUT2D eigenvalue weighted by Crippen LogP contribution is -2.16. The Labute approximate surface area is 211 Å². The molecule has 0 aliphatic carbocycles. The molecule has 0 fully saturated rings. The zero-order chi connectivity index (χ0) is 25.5. The highest BCUT2D eigenvalue weighted by Crippen LogP contribution is 2.35. The van der Waals surface area contributed by atoms with E-state index in [2.05, 4.69) is 5.32 Å². The van der Waals surface area contributed by atoms with Crippen LogP contribution in [0.1, 0.15) is 28.4 Å². The molecule has 0 saturated heterocycles. The highest BCUT2D eigenvalue weighted by molar-refractivity contribution is 7.89. The highest BCUT2D eigenvalue weighted by Gasteiger charge is 2.22. The number of nitrogens with one attached hydrogen (secondary N) is 1. The Balaban J connectivity index is 1.79. The van der Waals surface area contributed by atoms with Crippen LogP contribution in [0.25, 0.3) is 0 Å². The largest absolute Gasteiger partial charge is 0.497 e. The molecule has 0 radical (unpaired) electrons. The molecule has 0 aliphatic heterocycles. The molecule has 4 rings (SSSR count). The number of ether oxygens (including phenoxy) is 2. The second-order valence-corrected chi connectivity index (χ2v) is 9.82. The maximum Gasteiger partial charge on any atom is 0.238 e. The molecule has 4 aromatic rings. The van der Waals surface area contributed by atoms with Crippen molar-refractivity contribution in [2.24, 2.45) is 10.9 Å². The van der Waals surface area contributed by atoms with E-state index in [-0.39, 0.29) is 4.90 Å². The Morgan fingerprint density at radius 1 is 0.833 bits per heavy atom. The Kier molecular flexibility index (Phi) is 7.90. The number of sulfonamides is 1. The van der Waals surface area contributed by atoms with Crippen LogP contribution in [-0.2, 0) is 23.1 Å². The van der Waals surface area contributed by atoms with Gasteiger partial charge >= 0.3 is 0 Å². The van der Waals surface area contributed by atoms with E-state index in [1.54, 1.807) is 43.5 Å². The lowest BCUT2D eigenvalue weighted by atomic mass is 9.97. The summed E-state index contributed by atoms with van der Waals surface area (Å²) >= 11 is 0. The summed E-state index contributed by atoms with van der Waals surface area (Å²) in [5, 5.41) is 8.93. The van der Waals surface area contributed by atoms with E-state index in [1.807, 2.05) is 54.6 Å². The van der Waals surface area contributed by atoms with Crippen molar-refractivity contribution >= 4 is 15.7 Å². The van der Waals surface area contributed by atoms with E-state index in [9.17, 15) is 8.42 Å². The molecule has 0 saturated carbocycles. The fourth-order valence-corrected chi connectivity index (χ4v) is 4.43. The van der Waals surface area contributed by atoms with Crippen LogP contribution in [0.2, 0.25) is 0 Å². The average Bonchev–Trinajstić information content (AvgIpc) is 2.91. The van der Waals surface area contributed by atoms with E-state index >= 15 is 0 Å². The fourth-order valence-electron chi connectivity index (χ4n) is 3.86. The third kappa shape index (κ3) is 6.23. The van der Waals surface area contributed by atoms with Gasteiger partial charge in [-0.25, -0.2) is 13.6 Å². The number of nitrogens with two attached hydrogens (primary N) is 2. The van der Waals surface area contributed by atoms with E-state index < -0.39 is 16.1 Å². The predicted octanol–water partition coefficient (Wildman–Crippen LogP) is 4.58. The first-order valence-electron chi connectivity index (χ1n) is 11.4. The Morgan fingerprint density at radius 3 is 2.22 bits per heavy atom. The monoisotopic (exact) mass is 503 g/mol. The summed E-state index contributed by atoms with van der Waals surface area (Å²) in [6.45, 7) is 0.972. The number of anilines is 1. The molecule has 1 unspecified atom stereocenters. The smallest absolute Gasteiger partial charge is 0.238 e.